The molecule has 3 heterocycles. The zero-order valence-electron chi connectivity index (χ0n) is 30.3. The van der Waals surface area contributed by atoms with Crippen molar-refractivity contribution in [3.8, 4) is 56.7 Å². The average molecular weight is 716 g/mol. The Morgan fingerprint density at radius 3 is 1.32 bits per heavy atom. The van der Waals surface area contributed by atoms with E-state index in [1.807, 2.05) is 0 Å². The SMILES string of the molecule is c1ccc(-c2ccc3c4ccccc4n(-c4nc(-c5cccc(-c6ccccc6-c6ccccc6)c5)nc(-n5c6ccccc6c6ccccc65)n4)c3c2)cc1. The Kier molecular flexibility index (Phi) is 7.42. The molecule has 0 N–H and O–H groups in total. The van der Waals surface area contributed by atoms with E-state index in [1.165, 1.54) is 11.1 Å². The molecule has 0 aliphatic heterocycles. The number of nitrogens with zero attached hydrogens (tertiary/aromatic N) is 5. The molecule has 11 rings (SSSR count). The summed E-state index contributed by atoms with van der Waals surface area (Å²) < 4.78 is 4.38. The van der Waals surface area contributed by atoms with Gasteiger partial charge in [-0.1, -0.05) is 170 Å². The van der Waals surface area contributed by atoms with Crippen molar-refractivity contribution in [2.24, 2.45) is 0 Å². The fourth-order valence-corrected chi connectivity index (χ4v) is 8.25. The molecule has 0 spiro atoms. The van der Waals surface area contributed by atoms with Gasteiger partial charge in [-0.3, -0.25) is 9.13 Å². The molecule has 0 aliphatic rings. The van der Waals surface area contributed by atoms with Gasteiger partial charge in [0.1, 0.15) is 0 Å². The van der Waals surface area contributed by atoms with E-state index < -0.39 is 0 Å². The number of benzene rings is 8. The maximum atomic E-state index is 5.38. The monoisotopic (exact) mass is 715 g/mol. The lowest BCUT2D eigenvalue weighted by molar-refractivity contribution is 0.893. The molecule has 0 saturated carbocycles. The standard InChI is InChI=1S/C51H33N5/c1-3-16-34(17-4-1)36-30-31-44-43-26-11-14-29-47(43)56(48(44)33-36)51-53-49(52-50(54-51)55-45-27-12-9-24-41(45)42-25-10-13-28-46(42)55)38-21-15-20-37(32-38)40-23-8-7-22-39(40)35-18-5-2-6-19-35/h1-33H. The third-order valence-electron chi connectivity index (χ3n) is 10.8. The highest BCUT2D eigenvalue weighted by atomic mass is 15.3. The summed E-state index contributed by atoms with van der Waals surface area (Å²) in [6, 6.07) is 70.4. The van der Waals surface area contributed by atoms with Crippen LogP contribution in [-0.4, -0.2) is 24.1 Å². The lowest BCUT2D eigenvalue weighted by Crippen LogP contribution is -2.10. The molecule has 8 aromatic carbocycles. The van der Waals surface area contributed by atoms with E-state index >= 15 is 0 Å². The van der Waals surface area contributed by atoms with Gasteiger partial charge in [-0.2, -0.15) is 15.0 Å². The average Bonchev–Trinajstić information content (AvgIpc) is 3.80. The van der Waals surface area contributed by atoms with Crippen molar-refractivity contribution in [2.45, 2.75) is 0 Å². The Labute approximate surface area is 323 Å². The first-order chi connectivity index (χ1) is 27.8. The molecule has 262 valence electrons. The maximum Gasteiger partial charge on any atom is 0.240 e. The van der Waals surface area contributed by atoms with Crippen LogP contribution in [-0.2, 0) is 0 Å². The van der Waals surface area contributed by atoms with Gasteiger partial charge < -0.3 is 0 Å². The highest BCUT2D eigenvalue weighted by molar-refractivity contribution is 6.10. The largest absolute Gasteiger partial charge is 0.278 e. The van der Waals surface area contributed by atoms with Gasteiger partial charge >= 0.3 is 0 Å². The van der Waals surface area contributed by atoms with Gasteiger partial charge in [-0.25, -0.2) is 0 Å². The van der Waals surface area contributed by atoms with E-state index in [2.05, 4.69) is 209 Å². The smallest absolute Gasteiger partial charge is 0.240 e. The van der Waals surface area contributed by atoms with Crippen LogP contribution >= 0.6 is 0 Å². The Morgan fingerprint density at radius 2 is 0.714 bits per heavy atom. The van der Waals surface area contributed by atoms with Crippen molar-refractivity contribution in [2.75, 3.05) is 0 Å². The van der Waals surface area contributed by atoms with Crippen LogP contribution in [0.5, 0.6) is 0 Å². The summed E-state index contributed by atoms with van der Waals surface area (Å²) >= 11 is 0. The number of fused-ring (bicyclic) bond motifs is 6. The van der Waals surface area contributed by atoms with Crippen molar-refractivity contribution in [1.82, 2.24) is 24.1 Å². The predicted molar refractivity (Wildman–Crippen MR) is 230 cm³/mol. The molecule has 0 aliphatic carbocycles. The van der Waals surface area contributed by atoms with Gasteiger partial charge in [0.2, 0.25) is 11.9 Å². The van der Waals surface area contributed by atoms with Crippen LogP contribution < -0.4 is 0 Å². The van der Waals surface area contributed by atoms with E-state index in [9.17, 15) is 0 Å². The van der Waals surface area contributed by atoms with E-state index in [4.69, 9.17) is 15.0 Å². The van der Waals surface area contributed by atoms with E-state index in [1.54, 1.807) is 0 Å². The molecule has 0 unspecified atom stereocenters. The minimum Gasteiger partial charge on any atom is -0.278 e. The minimum atomic E-state index is 0.554. The summed E-state index contributed by atoms with van der Waals surface area (Å²) in [5, 5.41) is 4.58. The number of aromatic nitrogens is 5. The second-order valence-corrected chi connectivity index (χ2v) is 14.1. The highest BCUT2D eigenvalue weighted by Gasteiger charge is 2.21. The molecule has 56 heavy (non-hydrogen) atoms. The molecule has 0 fully saturated rings. The first kappa shape index (κ1) is 31.9. The van der Waals surface area contributed by atoms with E-state index in [0.717, 1.165) is 71.4 Å². The molecule has 0 atom stereocenters. The van der Waals surface area contributed by atoms with Crippen LogP contribution in [0.15, 0.2) is 200 Å². The van der Waals surface area contributed by atoms with Crippen LogP contribution in [0.25, 0.3) is 100 Å². The fraction of sp³-hybridized carbons (Fsp3) is 0. The summed E-state index contributed by atoms with van der Waals surface area (Å²) in [7, 11) is 0. The first-order valence-electron chi connectivity index (χ1n) is 18.9. The lowest BCUT2D eigenvalue weighted by Gasteiger charge is -2.14. The summed E-state index contributed by atoms with van der Waals surface area (Å²) in [6.45, 7) is 0. The molecule has 11 aromatic rings. The third kappa shape index (κ3) is 5.21. The normalized spacial score (nSPS) is 11.6. The maximum absolute atomic E-state index is 5.38. The Morgan fingerprint density at radius 1 is 0.268 bits per heavy atom. The van der Waals surface area contributed by atoms with Crippen LogP contribution in [0, 0.1) is 0 Å². The van der Waals surface area contributed by atoms with Crippen molar-refractivity contribution in [3.05, 3.63) is 200 Å². The molecular formula is C51H33N5. The van der Waals surface area contributed by atoms with Crippen molar-refractivity contribution in [3.63, 3.8) is 0 Å². The van der Waals surface area contributed by atoms with Gasteiger partial charge in [0, 0.05) is 27.1 Å². The molecular weight excluding hydrogens is 683 g/mol. The summed E-state index contributed by atoms with van der Waals surface area (Å²) in [4.78, 5) is 16.1. The van der Waals surface area contributed by atoms with Crippen LogP contribution in [0.2, 0.25) is 0 Å². The van der Waals surface area contributed by atoms with Crippen LogP contribution in [0.4, 0.5) is 0 Å². The van der Waals surface area contributed by atoms with Gasteiger partial charge in [0.25, 0.3) is 0 Å². The third-order valence-corrected chi connectivity index (χ3v) is 10.8. The molecule has 3 aromatic heterocycles. The molecule has 5 heteroatoms. The van der Waals surface area contributed by atoms with Crippen LogP contribution in [0.1, 0.15) is 0 Å². The second kappa shape index (κ2) is 13.0. The molecule has 0 saturated heterocycles. The van der Waals surface area contributed by atoms with E-state index in [0.29, 0.717) is 17.7 Å². The molecule has 0 radical (unpaired) electrons. The van der Waals surface area contributed by atoms with Gasteiger partial charge in [-0.05, 0) is 63.7 Å². The Balaban J connectivity index is 1.19. The fourth-order valence-electron chi connectivity index (χ4n) is 8.25. The summed E-state index contributed by atoms with van der Waals surface area (Å²) in [5.41, 5.74) is 11.9. The number of hydrogen-bond acceptors (Lipinski definition) is 3. The summed E-state index contributed by atoms with van der Waals surface area (Å²) in [6.07, 6.45) is 0. The number of rotatable bonds is 6. The minimum absolute atomic E-state index is 0.554. The van der Waals surface area contributed by atoms with Gasteiger partial charge in [-0.15, -0.1) is 0 Å². The number of para-hydroxylation sites is 3. The molecule has 0 amide bonds. The summed E-state index contributed by atoms with van der Waals surface area (Å²) in [5.74, 6) is 1.71. The van der Waals surface area contributed by atoms with Gasteiger partial charge in [0.05, 0.1) is 22.1 Å². The Bertz CT molecular complexity index is 3200. The van der Waals surface area contributed by atoms with Crippen molar-refractivity contribution < 1.29 is 0 Å². The van der Waals surface area contributed by atoms with Crippen LogP contribution in [0.3, 0.4) is 0 Å². The van der Waals surface area contributed by atoms with Crippen molar-refractivity contribution in [1.29, 1.82) is 0 Å². The molecule has 5 nitrogen and oxygen atoms in total. The first-order valence-corrected chi connectivity index (χ1v) is 18.9. The predicted octanol–water partition coefficient (Wildman–Crippen LogP) is 12.7. The lowest BCUT2D eigenvalue weighted by atomic mass is 9.94. The quantitative estimate of drug-likeness (QED) is 0.172. The zero-order chi connectivity index (χ0) is 37.0. The van der Waals surface area contributed by atoms with Crippen molar-refractivity contribution >= 4 is 43.6 Å². The number of hydrogen-bond donors (Lipinski definition) is 0. The second-order valence-electron chi connectivity index (χ2n) is 14.1. The molecule has 0 bridgehead atoms. The zero-order valence-corrected chi connectivity index (χ0v) is 30.3. The topological polar surface area (TPSA) is 48.5 Å². The van der Waals surface area contributed by atoms with Gasteiger partial charge in [0.15, 0.2) is 5.82 Å². The Hall–Kier alpha value is -7.63. The highest BCUT2D eigenvalue weighted by Crippen LogP contribution is 2.37. The van der Waals surface area contributed by atoms with E-state index in [-0.39, 0.29) is 0 Å².